The fourth-order valence-corrected chi connectivity index (χ4v) is 1.90. The van der Waals surface area contributed by atoms with Gasteiger partial charge >= 0.3 is 6.18 Å². The maximum absolute atomic E-state index is 12.8. The molecule has 0 unspecified atom stereocenters. The summed E-state index contributed by atoms with van der Waals surface area (Å²) in [6.45, 7) is 0. The van der Waals surface area contributed by atoms with E-state index in [1.165, 1.54) is 20.3 Å². The van der Waals surface area contributed by atoms with Gasteiger partial charge in [0, 0.05) is 5.56 Å². The molecule has 0 saturated heterocycles. The summed E-state index contributed by atoms with van der Waals surface area (Å²) in [4.78, 5) is 0. The fraction of sp³-hybridized carbons (Fsp3) is 0.200. The van der Waals surface area contributed by atoms with Crippen LogP contribution in [0.25, 0.3) is 11.1 Å². The van der Waals surface area contributed by atoms with Crippen LogP contribution in [0.2, 0.25) is 0 Å². The lowest BCUT2D eigenvalue weighted by Gasteiger charge is -2.13. The summed E-state index contributed by atoms with van der Waals surface area (Å²) in [5, 5.41) is 0. The van der Waals surface area contributed by atoms with Crippen LogP contribution in [0.3, 0.4) is 0 Å². The Labute approximate surface area is 114 Å². The molecule has 0 spiro atoms. The molecular weight excluding hydrogens is 269 g/mol. The minimum atomic E-state index is -4.37. The van der Waals surface area contributed by atoms with Crippen molar-refractivity contribution in [3.8, 4) is 22.6 Å². The Balaban J connectivity index is 2.55. The molecule has 2 aromatic carbocycles. The molecule has 2 rings (SSSR count). The van der Waals surface area contributed by atoms with Crippen LogP contribution >= 0.6 is 0 Å². The molecule has 0 aliphatic carbocycles. The normalized spacial score (nSPS) is 11.2. The van der Waals surface area contributed by atoms with Gasteiger partial charge in [-0.05, 0) is 35.9 Å². The minimum Gasteiger partial charge on any atom is -0.497 e. The van der Waals surface area contributed by atoms with Crippen molar-refractivity contribution in [2.75, 3.05) is 14.2 Å². The van der Waals surface area contributed by atoms with Crippen LogP contribution in [0.4, 0.5) is 13.2 Å². The molecule has 0 aromatic heterocycles. The Hall–Kier alpha value is -2.17. The van der Waals surface area contributed by atoms with Gasteiger partial charge in [-0.2, -0.15) is 13.2 Å². The molecule has 0 N–H and O–H groups in total. The molecule has 2 nitrogen and oxygen atoms in total. The van der Waals surface area contributed by atoms with Gasteiger partial charge in [0.25, 0.3) is 0 Å². The zero-order valence-corrected chi connectivity index (χ0v) is 11.0. The second-order valence-corrected chi connectivity index (χ2v) is 4.14. The third kappa shape index (κ3) is 2.87. The fourth-order valence-electron chi connectivity index (χ4n) is 1.90. The number of hydrogen-bond donors (Lipinski definition) is 0. The minimum absolute atomic E-state index is 0.426. The lowest BCUT2D eigenvalue weighted by molar-refractivity contribution is -0.137. The standard InChI is InChI=1S/C15H13F3O2/c1-19-12-6-7-14(20-2)13(9-12)10-4-3-5-11(8-10)15(16,17)18/h3-9H,1-2H3. The molecule has 0 saturated carbocycles. The molecular formula is C15H13F3O2. The SMILES string of the molecule is COc1ccc(OC)c(-c2cccc(C(F)(F)F)c2)c1. The van der Waals surface area contributed by atoms with Gasteiger partial charge in [-0.3, -0.25) is 0 Å². The molecule has 0 aliphatic rings. The Kier molecular flexibility index (Phi) is 3.88. The number of ether oxygens (including phenoxy) is 2. The van der Waals surface area contributed by atoms with Gasteiger partial charge in [0.15, 0.2) is 0 Å². The Morgan fingerprint density at radius 1 is 0.900 bits per heavy atom. The molecule has 0 atom stereocenters. The third-order valence-electron chi connectivity index (χ3n) is 2.91. The van der Waals surface area contributed by atoms with Crippen molar-refractivity contribution in [3.63, 3.8) is 0 Å². The predicted molar refractivity (Wildman–Crippen MR) is 70.0 cm³/mol. The maximum Gasteiger partial charge on any atom is 0.416 e. The summed E-state index contributed by atoms with van der Waals surface area (Å²) in [5.41, 5.74) is 0.286. The molecule has 106 valence electrons. The van der Waals surface area contributed by atoms with Crippen LogP contribution in [0.5, 0.6) is 11.5 Å². The zero-order chi connectivity index (χ0) is 14.8. The zero-order valence-electron chi connectivity index (χ0n) is 11.0. The summed E-state index contributed by atoms with van der Waals surface area (Å²) in [5.74, 6) is 1.04. The van der Waals surface area contributed by atoms with Crippen LogP contribution in [0.15, 0.2) is 42.5 Å². The van der Waals surface area contributed by atoms with Gasteiger partial charge in [0.2, 0.25) is 0 Å². The van der Waals surface area contributed by atoms with Gasteiger partial charge in [0.05, 0.1) is 19.8 Å². The average molecular weight is 282 g/mol. The summed E-state index contributed by atoms with van der Waals surface area (Å²) in [6.07, 6.45) is -4.37. The highest BCUT2D eigenvalue weighted by Gasteiger charge is 2.30. The summed E-state index contributed by atoms with van der Waals surface area (Å²) < 4.78 is 48.6. The first-order valence-electron chi connectivity index (χ1n) is 5.85. The van der Waals surface area contributed by atoms with Crippen LogP contribution < -0.4 is 9.47 Å². The molecule has 0 radical (unpaired) electrons. The van der Waals surface area contributed by atoms with Crippen molar-refractivity contribution in [3.05, 3.63) is 48.0 Å². The lowest BCUT2D eigenvalue weighted by Crippen LogP contribution is -2.04. The van der Waals surface area contributed by atoms with E-state index in [2.05, 4.69) is 0 Å². The molecule has 0 amide bonds. The Morgan fingerprint density at radius 2 is 1.65 bits per heavy atom. The van der Waals surface area contributed by atoms with E-state index in [1.807, 2.05) is 0 Å². The first kappa shape index (κ1) is 14.2. The van der Waals surface area contributed by atoms with Crippen molar-refractivity contribution in [2.24, 2.45) is 0 Å². The topological polar surface area (TPSA) is 18.5 Å². The van der Waals surface area contributed by atoms with Crippen molar-refractivity contribution < 1.29 is 22.6 Å². The number of rotatable bonds is 3. The van der Waals surface area contributed by atoms with Crippen LogP contribution in [0.1, 0.15) is 5.56 Å². The van der Waals surface area contributed by atoms with E-state index in [0.29, 0.717) is 22.6 Å². The largest absolute Gasteiger partial charge is 0.497 e. The van der Waals surface area contributed by atoms with E-state index in [-0.39, 0.29) is 0 Å². The maximum atomic E-state index is 12.8. The highest BCUT2D eigenvalue weighted by Crippen LogP contribution is 2.36. The van der Waals surface area contributed by atoms with E-state index < -0.39 is 11.7 Å². The number of alkyl halides is 3. The molecule has 0 heterocycles. The quantitative estimate of drug-likeness (QED) is 0.831. The lowest BCUT2D eigenvalue weighted by atomic mass is 10.0. The first-order chi connectivity index (χ1) is 9.45. The third-order valence-corrected chi connectivity index (χ3v) is 2.91. The average Bonchev–Trinajstić information content (AvgIpc) is 2.45. The van der Waals surface area contributed by atoms with E-state index in [1.54, 1.807) is 24.3 Å². The van der Waals surface area contributed by atoms with Gasteiger partial charge < -0.3 is 9.47 Å². The second-order valence-electron chi connectivity index (χ2n) is 4.14. The van der Waals surface area contributed by atoms with Gasteiger partial charge in [-0.1, -0.05) is 12.1 Å². The van der Waals surface area contributed by atoms with E-state index >= 15 is 0 Å². The van der Waals surface area contributed by atoms with Crippen LogP contribution in [-0.2, 0) is 6.18 Å². The van der Waals surface area contributed by atoms with Crippen molar-refractivity contribution in [2.45, 2.75) is 6.18 Å². The molecule has 0 aliphatic heterocycles. The van der Waals surface area contributed by atoms with Crippen molar-refractivity contribution >= 4 is 0 Å². The number of methoxy groups -OCH3 is 2. The molecule has 2 aromatic rings. The number of halogens is 3. The van der Waals surface area contributed by atoms with Crippen LogP contribution in [0, 0.1) is 0 Å². The molecule has 20 heavy (non-hydrogen) atoms. The summed E-state index contributed by atoms with van der Waals surface area (Å²) in [7, 11) is 2.97. The predicted octanol–water partition coefficient (Wildman–Crippen LogP) is 4.39. The van der Waals surface area contributed by atoms with Crippen LogP contribution in [-0.4, -0.2) is 14.2 Å². The van der Waals surface area contributed by atoms with E-state index in [0.717, 1.165) is 12.1 Å². The summed E-state index contributed by atoms with van der Waals surface area (Å²) in [6, 6.07) is 10.1. The van der Waals surface area contributed by atoms with E-state index in [9.17, 15) is 13.2 Å². The number of benzene rings is 2. The Bertz CT molecular complexity index is 606. The number of hydrogen-bond acceptors (Lipinski definition) is 2. The van der Waals surface area contributed by atoms with Gasteiger partial charge in [-0.25, -0.2) is 0 Å². The highest BCUT2D eigenvalue weighted by molar-refractivity contribution is 5.72. The highest BCUT2D eigenvalue weighted by atomic mass is 19.4. The second kappa shape index (κ2) is 5.45. The van der Waals surface area contributed by atoms with E-state index in [4.69, 9.17) is 9.47 Å². The summed E-state index contributed by atoms with van der Waals surface area (Å²) >= 11 is 0. The first-order valence-corrected chi connectivity index (χ1v) is 5.85. The van der Waals surface area contributed by atoms with Gasteiger partial charge in [0.1, 0.15) is 11.5 Å². The smallest absolute Gasteiger partial charge is 0.416 e. The monoisotopic (exact) mass is 282 g/mol. The molecule has 0 fully saturated rings. The van der Waals surface area contributed by atoms with Crippen molar-refractivity contribution in [1.82, 2.24) is 0 Å². The Morgan fingerprint density at radius 3 is 2.25 bits per heavy atom. The van der Waals surface area contributed by atoms with Gasteiger partial charge in [-0.15, -0.1) is 0 Å². The molecule has 0 bridgehead atoms. The van der Waals surface area contributed by atoms with Crippen molar-refractivity contribution in [1.29, 1.82) is 0 Å². The molecule has 5 heteroatoms.